The first-order chi connectivity index (χ1) is 19.9. The molecule has 4 rings (SSSR count). The number of fused-ring (bicyclic) bond motifs is 1. The summed E-state index contributed by atoms with van der Waals surface area (Å²) < 4.78 is 6.86. The lowest BCUT2D eigenvalue weighted by atomic mass is 10.0. The average Bonchev–Trinajstić information content (AvgIpc) is 3.55. The smallest absolute Gasteiger partial charge is 0.394 e. The summed E-state index contributed by atoms with van der Waals surface area (Å²) >= 11 is 3.36. The predicted molar refractivity (Wildman–Crippen MR) is 154 cm³/mol. The fourth-order valence-electron chi connectivity index (χ4n) is 4.33. The number of halogens is 1. The van der Waals surface area contributed by atoms with E-state index in [2.05, 4.69) is 41.2 Å². The second kappa shape index (κ2) is 12.8. The number of benzene rings is 2. The molecule has 0 aliphatic heterocycles. The van der Waals surface area contributed by atoms with Gasteiger partial charge in [-0.2, -0.15) is 0 Å². The van der Waals surface area contributed by atoms with Crippen LogP contribution in [0.1, 0.15) is 10.5 Å². The zero-order chi connectivity index (χ0) is 30.7. The fraction of sp³-hybridized carbons (Fsp3) is 0.308. The molecule has 0 aliphatic rings. The van der Waals surface area contributed by atoms with E-state index in [-0.39, 0.29) is 11.5 Å². The van der Waals surface area contributed by atoms with Crippen LogP contribution in [0.5, 0.6) is 0 Å². The molecule has 8 N–H and O–H groups in total. The number of anilines is 2. The molecule has 0 saturated carbocycles. The summed E-state index contributed by atoms with van der Waals surface area (Å²) in [6, 6.07) is 11.0. The van der Waals surface area contributed by atoms with Crippen LogP contribution in [0.25, 0.3) is 22.3 Å². The molecule has 0 fully saturated rings. The van der Waals surface area contributed by atoms with E-state index in [9.17, 15) is 34.8 Å². The molecule has 0 saturated heterocycles. The Kier molecular flexibility index (Phi) is 9.45. The third-order valence-electron chi connectivity index (χ3n) is 6.59. The van der Waals surface area contributed by atoms with Crippen LogP contribution in [0, 0.1) is 0 Å². The van der Waals surface area contributed by atoms with Crippen LogP contribution < -0.4 is 16.4 Å². The molecular formula is C26H29BrN6O9. The van der Waals surface area contributed by atoms with Crippen molar-refractivity contribution >= 4 is 50.1 Å². The number of hydrogen-bond donors (Lipinski definition) is 8. The fourth-order valence-corrected chi connectivity index (χ4v) is 4.70. The van der Waals surface area contributed by atoms with E-state index in [0.717, 1.165) is 4.90 Å². The number of nitrogens with zero attached hydrogens (tertiary/aromatic N) is 3. The predicted octanol–water partition coefficient (Wildman–Crippen LogP) is 0.436. The van der Waals surface area contributed by atoms with E-state index in [1.54, 1.807) is 54.1 Å². The molecule has 15 nitrogen and oxygen atoms in total. The highest BCUT2D eigenvalue weighted by Crippen LogP contribution is 2.31. The highest BCUT2D eigenvalue weighted by atomic mass is 79.9. The minimum atomic E-state index is -1.82. The Hall–Kier alpha value is -4.06. The van der Waals surface area contributed by atoms with Gasteiger partial charge in [-0.3, -0.25) is 14.3 Å². The molecule has 0 aliphatic carbocycles. The van der Waals surface area contributed by atoms with Crippen molar-refractivity contribution in [3.8, 4) is 11.4 Å². The maximum absolute atomic E-state index is 13.4. The Bertz CT molecular complexity index is 1650. The van der Waals surface area contributed by atoms with Crippen molar-refractivity contribution in [3.05, 3.63) is 63.2 Å². The SMILES string of the molecule is CN(CC(O)C(O)C(O)C(O)CO)C(=O)Nc1cccc2cc(C(=O)Nc3ccc(Br)cc3-c3noc(=O)[nH]3)n(C)c12. The van der Waals surface area contributed by atoms with Crippen molar-refractivity contribution in [1.82, 2.24) is 19.6 Å². The lowest BCUT2D eigenvalue weighted by Crippen LogP contribution is -2.50. The van der Waals surface area contributed by atoms with Crippen molar-refractivity contribution in [3.63, 3.8) is 0 Å². The van der Waals surface area contributed by atoms with Gasteiger partial charge in [0.05, 0.1) is 30.0 Å². The van der Waals surface area contributed by atoms with Gasteiger partial charge in [0.25, 0.3) is 5.91 Å². The van der Waals surface area contributed by atoms with Crippen LogP contribution >= 0.6 is 15.9 Å². The Morgan fingerprint density at radius 1 is 1.07 bits per heavy atom. The van der Waals surface area contributed by atoms with Gasteiger partial charge in [0.2, 0.25) is 0 Å². The largest absolute Gasteiger partial charge is 0.439 e. The molecule has 2 aromatic carbocycles. The molecule has 2 aromatic heterocycles. The Morgan fingerprint density at radius 3 is 2.45 bits per heavy atom. The van der Waals surface area contributed by atoms with Crippen LogP contribution in [0.4, 0.5) is 16.2 Å². The van der Waals surface area contributed by atoms with Gasteiger partial charge >= 0.3 is 11.8 Å². The number of amides is 3. The van der Waals surface area contributed by atoms with Gasteiger partial charge in [0, 0.05) is 29.5 Å². The molecule has 3 amide bonds. The van der Waals surface area contributed by atoms with Gasteiger partial charge < -0.3 is 45.6 Å². The van der Waals surface area contributed by atoms with Gasteiger partial charge in [-0.25, -0.2) is 9.59 Å². The van der Waals surface area contributed by atoms with Crippen LogP contribution in [-0.2, 0) is 7.05 Å². The van der Waals surface area contributed by atoms with E-state index in [4.69, 9.17) is 5.11 Å². The molecule has 2 heterocycles. The third kappa shape index (κ3) is 6.53. The molecule has 0 radical (unpaired) electrons. The molecule has 4 atom stereocenters. The molecule has 0 bridgehead atoms. The molecule has 16 heteroatoms. The number of carbonyl (C=O) groups is 2. The number of aliphatic hydroxyl groups excluding tert-OH is 5. The molecule has 0 spiro atoms. The number of likely N-dealkylation sites (N-methyl/N-ethyl adjacent to an activating group) is 1. The molecule has 4 aromatic rings. The number of aromatic amines is 1. The first-order valence-electron chi connectivity index (χ1n) is 12.5. The number of urea groups is 1. The first-order valence-corrected chi connectivity index (χ1v) is 13.3. The van der Waals surface area contributed by atoms with Gasteiger partial charge in [0.15, 0.2) is 5.82 Å². The summed E-state index contributed by atoms with van der Waals surface area (Å²) in [7, 11) is 2.99. The zero-order valence-corrected chi connectivity index (χ0v) is 23.9. The maximum atomic E-state index is 13.4. The Labute approximate surface area is 246 Å². The number of carbonyl (C=O) groups excluding carboxylic acids is 2. The van der Waals surface area contributed by atoms with Gasteiger partial charge in [-0.15, -0.1) is 0 Å². The number of hydrogen-bond acceptors (Lipinski definition) is 10. The molecule has 224 valence electrons. The quantitative estimate of drug-likeness (QED) is 0.118. The van der Waals surface area contributed by atoms with Crippen molar-refractivity contribution in [2.24, 2.45) is 7.05 Å². The van der Waals surface area contributed by atoms with Gasteiger partial charge in [-0.1, -0.05) is 33.2 Å². The van der Waals surface area contributed by atoms with Crippen LogP contribution in [-0.4, -0.2) is 102 Å². The number of rotatable bonds is 10. The molecule has 42 heavy (non-hydrogen) atoms. The van der Waals surface area contributed by atoms with Crippen LogP contribution in [0.15, 0.2) is 56.3 Å². The zero-order valence-electron chi connectivity index (χ0n) is 22.4. The summed E-state index contributed by atoms with van der Waals surface area (Å²) in [5, 5.41) is 58.4. The summed E-state index contributed by atoms with van der Waals surface area (Å²) in [6.45, 7) is -1.24. The highest BCUT2D eigenvalue weighted by molar-refractivity contribution is 9.10. The lowest BCUT2D eigenvalue weighted by Gasteiger charge is -2.28. The minimum Gasteiger partial charge on any atom is -0.394 e. The number of para-hydroxylation sites is 1. The normalized spacial score (nSPS) is 14.3. The topological polar surface area (TPSA) is 226 Å². The third-order valence-corrected chi connectivity index (χ3v) is 7.08. The summed E-state index contributed by atoms with van der Waals surface area (Å²) in [5.74, 6) is -1.11. The van der Waals surface area contributed by atoms with E-state index >= 15 is 0 Å². The maximum Gasteiger partial charge on any atom is 0.439 e. The number of aliphatic hydroxyl groups is 5. The van der Waals surface area contributed by atoms with E-state index in [0.29, 0.717) is 32.3 Å². The first kappa shape index (κ1) is 30.9. The number of H-pyrrole nitrogens is 1. The lowest BCUT2D eigenvalue weighted by molar-refractivity contribution is -0.117. The monoisotopic (exact) mass is 648 g/mol. The number of aryl methyl sites for hydroxylation is 1. The standard InChI is InChI=1S/C26H29BrN6O9/c1-32(10-18(35)21(37)22(38)19(36)11-34)25(40)29-16-5-3-4-12-8-17(33(2)20(12)16)24(39)28-15-7-6-13(27)9-14(15)23-30-26(41)42-31-23/h3-9,18-19,21-22,34-38H,10-11H2,1-2H3,(H,28,39)(H,29,40)(H,30,31,41). The minimum absolute atomic E-state index is 0.125. The van der Waals surface area contributed by atoms with Crippen LogP contribution in [0.3, 0.4) is 0 Å². The van der Waals surface area contributed by atoms with E-state index in [1.807, 2.05) is 0 Å². The summed E-state index contributed by atoms with van der Waals surface area (Å²) in [4.78, 5) is 41.3. The number of aromatic nitrogens is 3. The van der Waals surface area contributed by atoms with Gasteiger partial charge in [0.1, 0.15) is 30.1 Å². The number of nitrogens with one attached hydrogen (secondary N) is 3. The van der Waals surface area contributed by atoms with E-state index < -0.39 is 55.3 Å². The van der Waals surface area contributed by atoms with Crippen molar-refractivity contribution in [1.29, 1.82) is 0 Å². The van der Waals surface area contributed by atoms with E-state index in [1.165, 1.54) is 7.05 Å². The van der Waals surface area contributed by atoms with Crippen molar-refractivity contribution in [2.45, 2.75) is 24.4 Å². The second-order valence-electron chi connectivity index (χ2n) is 9.53. The second-order valence-corrected chi connectivity index (χ2v) is 10.4. The summed E-state index contributed by atoms with van der Waals surface area (Å²) in [6.07, 6.45) is -6.95. The van der Waals surface area contributed by atoms with Crippen LogP contribution in [0.2, 0.25) is 0 Å². The average molecular weight is 649 g/mol. The Morgan fingerprint density at radius 2 is 1.79 bits per heavy atom. The molecular weight excluding hydrogens is 620 g/mol. The Balaban J connectivity index is 1.53. The molecule has 4 unspecified atom stereocenters. The highest BCUT2D eigenvalue weighted by Gasteiger charge is 2.31. The van der Waals surface area contributed by atoms with Gasteiger partial charge in [-0.05, 0) is 30.3 Å². The van der Waals surface area contributed by atoms with Crippen molar-refractivity contribution in [2.75, 3.05) is 30.8 Å². The summed E-state index contributed by atoms with van der Waals surface area (Å²) in [5.41, 5.74) is 1.87. The van der Waals surface area contributed by atoms with Crippen molar-refractivity contribution < 1.29 is 39.6 Å².